The quantitative estimate of drug-likeness (QED) is 0.848. The van der Waals surface area contributed by atoms with E-state index in [0.717, 1.165) is 17.8 Å². The van der Waals surface area contributed by atoms with Gasteiger partial charge in [0.05, 0.1) is 0 Å². The highest BCUT2D eigenvalue weighted by atomic mass is 35.5. The van der Waals surface area contributed by atoms with Gasteiger partial charge in [-0.3, -0.25) is 4.79 Å². The third-order valence-corrected chi connectivity index (χ3v) is 3.00. The second-order valence-electron chi connectivity index (χ2n) is 4.12. The lowest BCUT2D eigenvalue weighted by Gasteiger charge is -2.13. The number of benzene rings is 1. The van der Waals surface area contributed by atoms with E-state index in [1.165, 1.54) is 0 Å². The summed E-state index contributed by atoms with van der Waals surface area (Å²) >= 11 is 5.99. The van der Waals surface area contributed by atoms with Gasteiger partial charge in [-0.25, -0.2) is 0 Å². The predicted octanol–water partition coefficient (Wildman–Crippen LogP) is 2.98. The van der Waals surface area contributed by atoms with Crippen LogP contribution >= 0.6 is 11.6 Å². The highest BCUT2D eigenvalue weighted by Gasteiger charge is 2.10. The number of nitrogens with one attached hydrogen (secondary N) is 2. The molecule has 4 heteroatoms. The molecule has 0 bridgehead atoms. The summed E-state index contributed by atoms with van der Waals surface area (Å²) in [6.07, 6.45) is 0.458. The zero-order valence-electron chi connectivity index (χ0n) is 10.5. The molecule has 1 aromatic rings. The van der Waals surface area contributed by atoms with Crippen LogP contribution in [-0.4, -0.2) is 18.5 Å². The molecule has 0 aliphatic carbocycles. The first-order chi connectivity index (χ1) is 8.04. The van der Waals surface area contributed by atoms with Crippen molar-refractivity contribution in [3.8, 4) is 0 Å². The molecule has 1 aromatic carbocycles. The zero-order chi connectivity index (χ0) is 12.8. The highest BCUT2D eigenvalue weighted by Crippen LogP contribution is 2.22. The van der Waals surface area contributed by atoms with E-state index in [-0.39, 0.29) is 11.9 Å². The maximum Gasteiger partial charge on any atom is 0.225 e. The second-order valence-corrected chi connectivity index (χ2v) is 4.53. The molecule has 1 atom stereocenters. The minimum absolute atomic E-state index is 0.00353. The Bertz CT molecular complexity index is 393. The Morgan fingerprint density at radius 3 is 2.82 bits per heavy atom. The third kappa shape index (κ3) is 4.36. The zero-order valence-corrected chi connectivity index (χ0v) is 11.3. The van der Waals surface area contributed by atoms with Crippen LogP contribution in [0.25, 0.3) is 0 Å². The Kier molecular flexibility index (Phi) is 5.45. The van der Waals surface area contributed by atoms with Crippen LogP contribution in [-0.2, 0) is 4.79 Å². The van der Waals surface area contributed by atoms with Gasteiger partial charge in [0.2, 0.25) is 5.91 Å². The Balaban J connectivity index is 2.59. The van der Waals surface area contributed by atoms with Crippen molar-refractivity contribution in [1.29, 1.82) is 0 Å². The molecule has 0 radical (unpaired) electrons. The van der Waals surface area contributed by atoms with Crippen LogP contribution in [0.4, 0.5) is 5.69 Å². The summed E-state index contributed by atoms with van der Waals surface area (Å²) in [5.74, 6) is 0.00353. The van der Waals surface area contributed by atoms with Gasteiger partial charge in [-0.1, -0.05) is 24.6 Å². The van der Waals surface area contributed by atoms with E-state index >= 15 is 0 Å². The van der Waals surface area contributed by atoms with Gasteiger partial charge in [0, 0.05) is 23.2 Å². The van der Waals surface area contributed by atoms with Crippen molar-refractivity contribution in [3.05, 3.63) is 28.8 Å². The van der Waals surface area contributed by atoms with Crippen LogP contribution in [0.1, 0.15) is 25.8 Å². The Labute approximate surface area is 108 Å². The molecule has 0 saturated heterocycles. The topological polar surface area (TPSA) is 41.1 Å². The van der Waals surface area contributed by atoms with Crippen LogP contribution in [0.15, 0.2) is 18.2 Å². The third-order valence-electron chi connectivity index (χ3n) is 2.59. The molecule has 0 aromatic heterocycles. The first-order valence-corrected chi connectivity index (χ1v) is 6.20. The Morgan fingerprint density at radius 2 is 2.18 bits per heavy atom. The molecule has 0 saturated carbocycles. The summed E-state index contributed by atoms with van der Waals surface area (Å²) < 4.78 is 0. The lowest BCUT2D eigenvalue weighted by atomic mass is 10.1. The van der Waals surface area contributed by atoms with Gasteiger partial charge in [0.1, 0.15) is 0 Å². The van der Waals surface area contributed by atoms with Gasteiger partial charge in [-0.15, -0.1) is 0 Å². The van der Waals surface area contributed by atoms with Crippen molar-refractivity contribution >= 4 is 23.2 Å². The lowest BCUT2D eigenvalue weighted by Crippen LogP contribution is -2.30. The van der Waals surface area contributed by atoms with Gasteiger partial charge in [-0.05, 0) is 38.1 Å². The molecule has 0 fully saturated rings. The number of carbonyl (C=O) groups excluding carboxylic acids is 1. The largest absolute Gasteiger partial charge is 0.326 e. The number of carbonyl (C=O) groups is 1. The van der Waals surface area contributed by atoms with Crippen molar-refractivity contribution in [2.24, 2.45) is 0 Å². The van der Waals surface area contributed by atoms with Crippen LogP contribution in [0, 0.1) is 6.92 Å². The Morgan fingerprint density at radius 1 is 1.47 bits per heavy atom. The molecule has 0 aliphatic heterocycles. The smallest absolute Gasteiger partial charge is 0.225 e. The fourth-order valence-electron chi connectivity index (χ4n) is 1.64. The van der Waals surface area contributed by atoms with E-state index in [2.05, 4.69) is 10.6 Å². The lowest BCUT2D eigenvalue weighted by molar-refractivity contribution is -0.116. The average molecular weight is 255 g/mol. The molecule has 0 aliphatic rings. The number of halogens is 1. The molecular weight excluding hydrogens is 236 g/mol. The first kappa shape index (κ1) is 14.0. The van der Waals surface area contributed by atoms with Crippen LogP contribution in [0.5, 0.6) is 0 Å². The number of anilines is 1. The normalized spacial score (nSPS) is 12.2. The van der Waals surface area contributed by atoms with Gasteiger partial charge in [0.25, 0.3) is 0 Å². The van der Waals surface area contributed by atoms with Crippen molar-refractivity contribution < 1.29 is 4.79 Å². The van der Waals surface area contributed by atoms with Crippen molar-refractivity contribution in [2.45, 2.75) is 33.2 Å². The van der Waals surface area contributed by atoms with E-state index < -0.39 is 0 Å². The molecule has 2 N–H and O–H groups in total. The molecule has 1 rings (SSSR count). The molecular formula is C13H19ClN2O. The van der Waals surface area contributed by atoms with Crippen molar-refractivity contribution in [3.63, 3.8) is 0 Å². The van der Waals surface area contributed by atoms with E-state index in [9.17, 15) is 4.79 Å². The summed E-state index contributed by atoms with van der Waals surface area (Å²) in [4.78, 5) is 11.8. The number of rotatable bonds is 5. The average Bonchev–Trinajstić information content (AvgIpc) is 2.25. The van der Waals surface area contributed by atoms with Gasteiger partial charge in [-0.2, -0.15) is 0 Å². The number of hydrogen-bond donors (Lipinski definition) is 2. The predicted molar refractivity (Wildman–Crippen MR) is 72.6 cm³/mol. The van der Waals surface area contributed by atoms with Gasteiger partial charge < -0.3 is 10.6 Å². The monoisotopic (exact) mass is 254 g/mol. The molecule has 94 valence electrons. The second kappa shape index (κ2) is 6.62. The summed E-state index contributed by atoms with van der Waals surface area (Å²) in [6.45, 7) is 6.78. The molecule has 1 unspecified atom stereocenters. The highest BCUT2D eigenvalue weighted by molar-refractivity contribution is 6.31. The van der Waals surface area contributed by atoms with E-state index in [4.69, 9.17) is 11.6 Å². The number of hydrogen-bond acceptors (Lipinski definition) is 2. The van der Waals surface area contributed by atoms with Crippen molar-refractivity contribution in [1.82, 2.24) is 5.32 Å². The van der Waals surface area contributed by atoms with Gasteiger partial charge >= 0.3 is 0 Å². The maximum absolute atomic E-state index is 11.8. The summed E-state index contributed by atoms with van der Waals surface area (Å²) in [6, 6.07) is 5.68. The van der Waals surface area contributed by atoms with E-state index in [1.807, 2.05) is 39.0 Å². The summed E-state index contributed by atoms with van der Waals surface area (Å²) in [5.41, 5.74) is 1.69. The van der Waals surface area contributed by atoms with E-state index in [1.54, 1.807) is 0 Å². The molecule has 3 nitrogen and oxygen atoms in total. The molecule has 1 amide bonds. The van der Waals surface area contributed by atoms with Crippen LogP contribution in [0.2, 0.25) is 5.02 Å². The fourth-order valence-corrected chi connectivity index (χ4v) is 1.82. The standard InChI is InChI=1S/C13H19ClN2O/c1-4-15-9(2)8-13(17)16-12-7-5-6-11(14)10(12)3/h5-7,9,15H,4,8H2,1-3H3,(H,16,17). The summed E-state index contributed by atoms with van der Waals surface area (Å²) in [7, 11) is 0. The first-order valence-electron chi connectivity index (χ1n) is 5.83. The minimum Gasteiger partial charge on any atom is -0.326 e. The van der Waals surface area contributed by atoms with Crippen molar-refractivity contribution in [2.75, 3.05) is 11.9 Å². The minimum atomic E-state index is 0.00353. The molecule has 17 heavy (non-hydrogen) atoms. The molecule has 0 spiro atoms. The van der Waals surface area contributed by atoms with Crippen LogP contribution in [0.3, 0.4) is 0 Å². The van der Waals surface area contributed by atoms with E-state index in [0.29, 0.717) is 11.4 Å². The SMILES string of the molecule is CCNC(C)CC(=O)Nc1cccc(Cl)c1C. The maximum atomic E-state index is 11.8. The summed E-state index contributed by atoms with van der Waals surface area (Å²) in [5, 5.41) is 6.75. The number of amides is 1. The Hall–Kier alpha value is -1.06. The molecule has 0 heterocycles. The fraction of sp³-hybridized carbons (Fsp3) is 0.462. The van der Waals surface area contributed by atoms with Crippen LogP contribution < -0.4 is 10.6 Å². The van der Waals surface area contributed by atoms with Gasteiger partial charge in [0.15, 0.2) is 0 Å².